The molecule has 0 aliphatic rings. The van der Waals surface area contributed by atoms with E-state index in [9.17, 15) is 0 Å². The van der Waals surface area contributed by atoms with E-state index >= 15 is 0 Å². The SMILES string of the molecule is CN=C(NCc1ccc(Oc2cccc(OC)c2)nc1)NC(C)(C)C. The molecule has 6 nitrogen and oxygen atoms in total. The number of nitrogens with zero attached hydrogens (tertiary/aromatic N) is 2. The van der Waals surface area contributed by atoms with Gasteiger partial charge in [-0.1, -0.05) is 12.1 Å². The van der Waals surface area contributed by atoms with Gasteiger partial charge >= 0.3 is 0 Å². The van der Waals surface area contributed by atoms with Gasteiger partial charge in [0, 0.05) is 37.5 Å². The van der Waals surface area contributed by atoms with Crippen molar-refractivity contribution < 1.29 is 9.47 Å². The van der Waals surface area contributed by atoms with Crippen LogP contribution in [-0.4, -0.2) is 30.6 Å². The molecular formula is C19H26N4O2. The average molecular weight is 342 g/mol. The first-order chi connectivity index (χ1) is 11.9. The molecule has 25 heavy (non-hydrogen) atoms. The highest BCUT2D eigenvalue weighted by Crippen LogP contribution is 2.23. The van der Waals surface area contributed by atoms with E-state index in [0.29, 0.717) is 18.2 Å². The smallest absolute Gasteiger partial charge is 0.219 e. The minimum atomic E-state index is -0.0471. The second kappa shape index (κ2) is 8.37. The Labute approximate surface area is 149 Å². The summed E-state index contributed by atoms with van der Waals surface area (Å²) < 4.78 is 10.9. The molecule has 0 unspecified atom stereocenters. The Bertz CT molecular complexity index is 706. The molecule has 0 fully saturated rings. The molecule has 2 aromatic rings. The van der Waals surface area contributed by atoms with Crippen LogP contribution in [0.4, 0.5) is 0 Å². The van der Waals surface area contributed by atoms with Crippen molar-refractivity contribution in [3.63, 3.8) is 0 Å². The van der Waals surface area contributed by atoms with Crippen molar-refractivity contribution in [1.82, 2.24) is 15.6 Å². The number of pyridine rings is 1. The number of hydrogen-bond donors (Lipinski definition) is 2. The van der Waals surface area contributed by atoms with Crippen LogP contribution >= 0.6 is 0 Å². The number of nitrogens with one attached hydrogen (secondary N) is 2. The molecule has 1 aromatic heterocycles. The van der Waals surface area contributed by atoms with Crippen LogP contribution in [0.5, 0.6) is 17.4 Å². The molecule has 0 amide bonds. The summed E-state index contributed by atoms with van der Waals surface area (Å²) in [7, 11) is 3.38. The molecule has 0 saturated heterocycles. The molecule has 0 aliphatic heterocycles. The summed E-state index contributed by atoms with van der Waals surface area (Å²) in [6.45, 7) is 6.90. The number of methoxy groups -OCH3 is 1. The summed E-state index contributed by atoms with van der Waals surface area (Å²) in [5, 5.41) is 6.58. The summed E-state index contributed by atoms with van der Waals surface area (Å²) in [6.07, 6.45) is 1.78. The fourth-order valence-corrected chi connectivity index (χ4v) is 2.08. The van der Waals surface area contributed by atoms with E-state index in [2.05, 4.69) is 41.4 Å². The Hall–Kier alpha value is -2.76. The summed E-state index contributed by atoms with van der Waals surface area (Å²) in [5.74, 6) is 2.72. The van der Waals surface area contributed by atoms with Gasteiger partial charge in [-0.15, -0.1) is 0 Å². The highest BCUT2D eigenvalue weighted by molar-refractivity contribution is 5.80. The van der Waals surface area contributed by atoms with Crippen molar-refractivity contribution in [3.05, 3.63) is 48.2 Å². The lowest BCUT2D eigenvalue weighted by Crippen LogP contribution is -2.47. The van der Waals surface area contributed by atoms with Crippen LogP contribution in [0.3, 0.4) is 0 Å². The first-order valence-electron chi connectivity index (χ1n) is 8.15. The molecule has 134 valence electrons. The van der Waals surface area contributed by atoms with E-state index in [4.69, 9.17) is 9.47 Å². The molecule has 1 heterocycles. The lowest BCUT2D eigenvalue weighted by atomic mass is 10.1. The molecule has 1 aromatic carbocycles. The van der Waals surface area contributed by atoms with E-state index < -0.39 is 0 Å². The Morgan fingerprint density at radius 3 is 2.52 bits per heavy atom. The topological polar surface area (TPSA) is 67.8 Å². The van der Waals surface area contributed by atoms with Gasteiger partial charge in [0.2, 0.25) is 5.88 Å². The Morgan fingerprint density at radius 1 is 1.16 bits per heavy atom. The third-order valence-electron chi connectivity index (χ3n) is 3.24. The number of hydrogen-bond acceptors (Lipinski definition) is 4. The van der Waals surface area contributed by atoms with Crippen LogP contribution in [0, 0.1) is 0 Å². The summed E-state index contributed by atoms with van der Waals surface area (Å²) in [6, 6.07) is 11.2. The van der Waals surface area contributed by atoms with Crippen LogP contribution in [0.1, 0.15) is 26.3 Å². The summed E-state index contributed by atoms with van der Waals surface area (Å²) in [4.78, 5) is 8.56. The van der Waals surface area contributed by atoms with Crippen molar-refractivity contribution in [1.29, 1.82) is 0 Å². The van der Waals surface area contributed by atoms with Crippen molar-refractivity contribution >= 4 is 5.96 Å². The Balaban J connectivity index is 1.93. The molecule has 2 rings (SSSR count). The van der Waals surface area contributed by atoms with Gasteiger partial charge in [-0.3, -0.25) is 4.99 Å². The van der Waals surface area contributed by atoms with E-state index in [-0.39, 0.29) is 5.54 Å². The van der Waals surface area contributed by atoms with Gasteiger partial charge in [0.25, 0.3) is 0 Å². The Morgan fingerprint density at radius 2 is 1.92 bits per heavy atom. The van der Waals surface area contributed by atoms with Gasteiger partial charge in [-0.2, -0.15) is 0 Å². The highest BCUT2D eigenvalue weighted by Gasteiger charge is 2.11. The third-order valence-corrected chi connectivity index (χ3v) is 3.24. The van der Waals surface area contributed by atoms with Gasteiger partial charge in [0.05, 0.1) is 7.11 Å². The number of aliphatic imine (C=N–C) groups is 1. The lowest BCUT2D eigenvalue weighted by Gasteiger charge is -2.23. The van der Waals surface area contributed by atoms with Gasteiger partial charge in [0.1, 0.15) is 11.5 Å². The summed E-state index contributed by atoms with van der Waals surface area (Å²) in [5.41, 5.74) is 0.990. The van der Waals surface area contributed by atoms with Crippen LogP contribution in [0.15, 0.2) is 47.6 Å². The molecule has 0 atom stereocenters. The Kier molecular flexibility index (Phi) is 6.22. The van der Waals surface area contributed by atoms with Gasteiger partial charge in [0.15, 0.2) is 5.96 Å². The number of aromatic nitrogens is 1. The van der Waals surface area contributed by atoms with Crippen LogP contribution < -0.4 is 20.1 Å². The van der Waals surface area contributed by atoms with E-state index in [1.807, 2.05) is 36.4 Å². The molecule has 0 aliphatic carbocycles. The minimum Gasteiger partial charge on any atom is -0.497 e. The fourth-order valence-electron chi connectivity index (χ4n) is 2.08. The maximum absolute atomic E-state index is 5.74. The number of guanidine groups is 1. The predicted octanol–water partition coefficient (Wildman–Crippen LogP) is 3.35. The van der Waals surface area contributed by atoms with Crippen molar-refractivity contribution in [2.45, 2.75) is 32.9 Å². The van der Waals surface area contributed by atoms with Gasteiger partial charge in [-0.25, -0.2) is 4.98 Å². The standard InChI is InChI=1S/C19H26N4O2/c1-19(2,3)23-18(20-4)22-13-14-9-10-17(21-12-14)25-16-8-6-7-15(11-16)24-5/h6-12H,13H2,1-5H3,(H2,20,22,23). The fraction of sp³-hybridized carbons (Fsp3) is 0.368. The minimum absolute atomic E-state index is 0.0471. The molecule has 0 spiro atoms. The predicted molar refractivity (Wildman–Crippen MR) is 100 cm³/mol. The maximum atomic E-state index is 5.74. The number of benzene rings is 1. The van der Waals surface area contributed by atoms with Crippen molar-refractivity contribution in [2.24, 2.45) is 4.99 Å². The number of ether oxygens (including phenoxy) is 2. The molecule has 0 bridgehead atoms. The monoisotopic (exact) mass is 342 g/mol. The molecule has 0 saturated carbocycles. The quantitative estimate of drug-likeness (QED) is 0.644. The number of rotatable bonds is 5. The molecule has 6 heteroatoms. The van der Waals surface area contributed by atoms with Crippen molar-refractivity contribution in [3.8, 4) is 17.4 Å². The largest absolute Gasteiger partial charge is 0.497 e. The highest BCUT2D eigenvalue weighted by atomic mass is 16.5. The first kappa shape index (κ1) is 18.6. The van der Waals surface area contributed by atoms with Crippen LogP contribution in [-0.2, 0) is 6.54 Å². The molecular weight excluding hydrogens is 316 g/mol. The first-order valence-corrected chi connectivity index (χ1v) is 8.15. The zero-order chi connectivity index (χ0) is 18.3. The average Bonchev–Trinajstić information content (AvgIpc) is 2.59. The zero-order valence-corrected chi connectivity index (χ0v) is 15.5. The second-order valence-corrected chi connectivity index (χ2v) is 6.59. The molecule has 0 radical (unpaired) electrons. The van der Waals surface area contributed by atoms with E-state index in [1.165, 1.54) is 0 Å². The van der Waals surface area contributed by atoms with E-state index in [1.54, 1.807) is 20.4 Å². The lowest BCUT2D eigenvalue weighted by molar-refractivity contribution is 0.407. The van der Waals surface area contributed by atoms with E-state index in [0.717, 1.165) is 17.3 Å². The van der Waals surface area contributed by atoms with Gasteiger partial charge in [-0.05, 0) is 38.5 Å². The normalized spacial score (nSPS) is 11.8. The van der Waals surface area contributed by atoms with Crippen molar-refractivity contribution in [2.75, 3.05) is 14.2 Å². The third kappa shape index (κ3) is 6.33. The molecule has 2 N–H and O–H groups in total. The van der Waals surface area contributed by atoms with Gasteiger partial charge < -0.3 is 20.1 Å². The zero-order valence-electron chi connectivity index (χ0n) is 15.5. The summed E-state index contributed by atoms with van der Waals surface area (Å²) >= 11 is 0. The van der Waals surface area contributed by atoms with Crippen LogP contribution in [0.2, 0.25) is 0 Å². The maximum Gasteiger partial charge on any atom is 0.219 e. The second-order valence-electron chi connectivity index (χ2n) is 6.59. The van der Waals surface area contributed by atoms with Crippen LogP contribution in [0.25, 0.3) is 0 Å².